The van der Waals surface area contributed by atoms with E-state index in [1.807, 2.05) is 12.4 Å². The van der Waals surface area contributed by atoms with Gasteiger partial charge in [0.05, 0.1) is 6.04 Å². The molecule has 1 unspecified atom stereocenters. The summed E-state index contributed by atoms with van der Waals surface area (Å²) in [6.07, 6.45) is 3.82. The van der Waals surface area contributed by atoms with E-state index in [4.69, 9.17) is 0 Å². The van der Waals surface area contributed by atoms with Crippen LogP contribution in [0.2, 0.25) is 0 Å². The van der Waals surface area contributed by atoms with E-state index in [1.54, 1.807) is 0 Å². The minimum atomic E-state index is 0.238. The lowest BCUT2D eigenvalue weighted by Gasteiger charge is -2.23. The standard InChI is InChI=1S/C18H24N2/c1-6-20-18(16-7-8-19-11-15(16)5)17-10-13(3)12(2)9-14(17)4/h7-11,18,20H,6H2,1-5H3. The van der Waals surface area contributed by atoms with Crippen molar-refractivity contribution < 1.29 is 0 Å². The molecule has 0 spiro atoms. The largest absolute Gasteiger partial charge is 0.307 e. The SMILES string of the molecule is CCNC(c1ccncc1C)c1cc(C)c(C)cc1C. The van der Waals surface area contributed by atoms with Gasteiger partial charge in [0.25, 0.3) is 0 Å². The molecule has 0 amide bonds. The molecule has 0 aliphatic rings. The fraction of sp³-hybridized carbons (Fsp3) is 0.389. The molecule has 0 aliphatic carbocycles. The Labute approximate surface area is 122 Å². The molecule has 0 saturated carbocycles. The minimum Gasteiger partial charge on any atom is -0.307 e. The van der Waals surface area contributed by atoms with Gasteiger partial charge in [0.1, 0.15) is 0 Å². The van der Waals surface area contributed by atoms with Gasteiger partial charge in [0.2, 0.25) is 0 Å². The van der Waals surface area contributed by atoms with Crippen molar-refractivity contribution in [1.29, 1.82) is 0 Å². The monoisotopic (exact) mass is 268 g/mol. The van der Waals surface area contributed by atoms with Crippen LogP contribution < -0.4 is 5.32 Å². The van der Waals surface area contributed by atoms with Crippen LogP contribution >= 0.6 is 0 Å². The molecule has 20 heavy (non-hydrogen) atoms. The van der Waals surface area contributed by atoms with Crippen LogP contribution in [0, 0.1) is 27.7 Å². The number of aryl methyl sites for hydroxylation is 4. The predicted octanol–water partition coefficient (Wildman–Crippen LogP) is 4.01. The van der Waals surface area contributed by atoms with E-state index in [0.717, 1.165) is 6.54 Å². The molecule has 1 N–H and O–H groups in total. The van der Waals surface area contributed by atoms with E-state index in [1.165, 1.54) is 33.4 Å². The summed E-state index contributed by atoms with van der Waals surface area (Å²) in [4.78, 5) is 4.21. The van der Waals surface area contributed by atoms with Gasteiger partial charge in [-0.25, -0.2) is 0 Å². The van der Waals surface area contributed by atoms with Gasteiger partial charge >= 0.3 is 0 Å². The average molecular weight is 268 g/mol. The number of nitrogens with zero attached hydrogens (tertiary/aromatic N) is 1. The zero-order valence-corrected chi connectivity index (χ0v) is 13.1. The van der Waals surface area contributed by atoms with E-state index in [0.29, 0.717) is 0 Å². The molecule has 2 rings (SSSR count). The predicted molar refractivity (Wildman–Crippen MR) is 85.1 cm³/mol. The number of hydrogen-bond donors (Lipinski definition) is 1. The highest BCUT2D eigenvalue weighted by Gasteiger charge is 2.17. The van der Waals surface area contributed by atoms with Gasteiger partial charge in [-0.1, -0.05) is 19.1 Å². The summed E-state index contributed by atoms with van der Waals surface area (Å²) >= 11 is 0. The van der Waals surface area contributed by atoms with Gasteiger partial charge < -0.3 is 5.32 Å². The Hall–Kier alpha value is -1.67. The third-order valence-electron chi connectivity index (χ3n) is 3.98. The van der Waals surface area contributed by atoms with E-state index in [2.05, 4.69) is 63.1 Å². The van der Waals surface area contributed by atoms with E-state index in [9.17, 15) is 0 Å². The highest BCUT2D eigenvalue weighted by atomic mass is 14.9. The van der Waals surface area contributed by atoms with Gasteiger partial charge in [-0.3, -0.25) is 4.98 Å². The van der Waals surface area contributed by atoms with Crippen molar-refractivity contribution in [3.05, 3.63) is 64.0 Å². The number of hydrogen-bond acceptors (Lipinski definition) is 2. The normalized spacial score (nSPS) is 12.4. The maximum Gasteiger partial charge on any atom is 0.0583 e. The second-order valence-electron chi connectivity index (χ2n) is 5.52. The van der Waals surface area contributed by atoms with E-state index in [-0.39, 0.29) is 6.04 Å². The molecule has 0 saturated heterocycles. The fourth-order valence-corrected chi connectivity index (χ4v) is 2.69. The Morgan fingerprint density at radius 2 is 1.65 bits per heavy atom. The first-order valence-electron chi connectivity index (χ1n) is 7.26. The Morgan fingerprint density at radius 3 is 2.30 bits per heavy atom. The smallest absolute Gasteiger partial charge is 0.0583 e. The lowest BCUT2D eigenvalue weighted by molar-refractivity contribution is 0.623. The number of benzene rings is 1. The third kappa shape index (κ3) is 2.91. The third-order valence-corrected chi connectivity index (χ3v) is 3.98. The summed E-state index contributed by atoms with van der Waals surface area (Å²) in [6.45, 7) is 11.8. The molecule has 2 nitrogen and oxygen atoms in total. The number of nitrogens with one attached hydrogen (secondary N) is 1. The molecular formula is C18H24N2. The van der Waals surface area contributed by atoms with Crippen LogP contribution in [0.4, 0.5) is 0 Å². The van der Waals surface area contributed by atoms with Crippen LogP contribution in [-0.4, -0.2) is 11.5 Å². The summed E-state index contributed by atoms with van der Waals surface area (Å²) in [7, 11) is 0. The number of pyridine rings is 1. The van der Waals surface area contributed by atoms with Crippen LogP contribution in [0.3, 0.4) is 0 Å². The summed E-state index contributed by atoms with van der Waals surface area (Å²) in [6, 6.07) is 6.96. The van der Waals surface area contributed by atoms with Crippen molar-refractivity contribution >= 4 is 0 Å². The van der Waals surface area contributed by atoms with Crippen LogP contribution in [0.1, 0.15) is 46.3 Å². The van der Waals surface area contributed by atoms with Crippen LogP contribution in [0.25, 0.3) is 0 Å². The molecule has 0 radical (unpaired) electrons. The summed E-state index contributed by atoms with van der Waals surface area (Å²) in [5, 5.41) is 3.62. The lowest BCUT2D eigenvalue weighted by Crippen LogP contribution is -2.24. The quantitative estimate of drug-likeness (QED) is 0.906. The first kappa shape index (κ1) is 14.7. The van der Waals surface area contributed by atoms with E-state index < -0.39 is 0 Å². The van der Waals surface area contributed by atoms with Crippen LogP contribution in [0.5, 0.6) is 0 Å². The van der Waals surface area contributed by atoms with Crippen molar-refractivity contribution in [1.82, 2.24) is 10.3 Å². The van der Waals surface area contributed by atoms with Gasteiger partial charge in [0.15, 0.2) is 0 Å². The second-order valence-corrected chi connectivity index (χ2v) is 5.52. The molecule has 0 fully saturated rings. The molecule has 2 aromatic rings. The first-order valence-corrected chi connectivity index (χ1v) is 7.26. The number of aromatic nitrogens is 1. The van der Waals surface area contributed by atoms with Gasteiger partial charge in [0, 0.05) is 12.4 Å². The molecule has 106 valence electrons. The molecule has 1 atom stereocenters. The van der Waals surface area contributed by atoms with Crippen molar-refractivity contribution in [3.63, 3.8) is 0 Å². The van der Waals surface area contributed by atoms with Crippen LogP contribution in [-0.2, 0) is 0 Å². The molecule has 0 aliphatic heterocycles. The Bertz CT molecular complexity index is 602. The van der Waals surface area contributed by atoms with Crippen molar-refractivity contribution in [2.75, 3.05) is 6.54 Å². The van der Waals surface area contributed by atoms with Gasteiger partial charge in [-0.15, -0.1) is 0 Å². The summed E-state index contributed by atoms with van der Waals surface area (Å²) in [5.41, 5.74) is 7.96. The Balaban J connectivity index is 2.54. The highest BCUT2D eigenvalue weighted by Crippen LogP contribution is 2.28. The van der Waals surface area contributed by atoms with Crippen molar-refractivity contribution in [2.24, 2.45) is 0 Å². The lowest BCUT2D eigenvalue weighted by atomic mass is 9.90. The maximum absolute atomic E-state index is 4.21. The molecule has 1 aromatic heterocycles. The average Bonchev–Trinajstić information content (AvgIpc) is 2.42. The van der Waals surface area contributed by atoms with E-state index >= 15 is 0 Å². The molecular weight excluding hydrogens is 244 g/mol. The highest BCUT2D eigenvalue weighted by molar-refractivity contribution is 5.43. The van der Waals surface area contributed by atoms with Crippen molar-refractivity contribution in [2.45, 2.75) is 40.7 Å². The molecule has 1 aromatic carbocycles. The van der Waals surface area contributed by atoms with Gasteiger partial charge in [-0.2, -0.15) is 0 Å². The minimum absolute atomic E-state index is 0.238. The van der Waals surface area contributed by atoms with Crippen LogP contribution in [0.15, 0.2) is 30.6 Å². The van der Waals surface area contributed by atoms with Crippen molar-refractivity contribution in [3.8, 4) is 0 Å². The fourth-order valence-electron chi connectivity index (χ4n) is 2.69. The molecule has 1 heterocycles. The topological polar surface area (TPSA) is 24.9 Å². The zero-order chi connectivity index (χ0) is 14.7. The Kier molecular flexibility index (Phi) is 4.56. The molecule has 0 bridgehead atoms. The maximum atomic E-state index is 4.21. The second kappa shape index (κ2) is 6.19. The summed E-state index contributed by atoms with van der Waals surface area (Å²) in [5.74, 6) is 0. The first-order chi connectivity index (χ1) is 9.54. The summed E-state index contributed by atoms with van der Waals surface area (Å²) < 4.78 is 0. The number of rotatable bonds is 4. The van der Waals surface area contributed by atoms with Gasteiger partial charge in [-0.05, 0) is 73.7 Å². The Morgan fingerprint density at radius 1 is 0.950 bits per heavy atom. The molecule has 2 heteroatoms. The zero-order valence-electron chi connectivity index (χ0n) is 13.1.